The van der Waals surface area contributed by atoms with Gasteiger partial charge in [-0.25, -0.2) is 0 Å². The normalized spacial score (nSPS) is 17.9. The van der Waals surface area contributed by atoms with Crippen molar-refractivity contribution in [1.82, 2.24) is 10.1 Å². The molecule has 2 heterocycles. The third-order valence-electron chi connectivity index (χ3n) is 3.06. The number of benzene rings is 1. The summed E-state index contributed by atoms with van der Waals surface area (Å²) in [6.07, 6.45) is 0.962. The summed E-state index contributed by atoms with van der Waals surface area (Å²) in [7, 11) is 1.64. The van der Waals surface area contributed by atoms with Gasteiger partial charge in [-0.1, -0.05) is 40.6 Å². The number of aromatic nitrogens is 2. The van der Waals surface area contributed by atoms with Crippen LogP contribution in [0.5, 0.6) is 0 Å². The predicted molar refractivity (Wildman–Crippen MR) is 71.3 cm³/mol. The van der Waals surface area contributed by atoms with Crippen molar-refractivity contribution >= 4 is 5.71 Å². The highest BCUT2D eigenvalue weighted by Gasteiger charge is 2.28. The number of methoxy groups -OCH3 is 1. The van der Waals surface area contributed by atoms with Crippen molar-refractivity contribution in [1.29, 1.82) is 0 Å². The van der Waals surface area contributed by atoms with Crippen LogP contribution in [0.15, 0.2) is 40.0 Å². The highest BCUT2D eigenvalue weighted by atomic mass is 16.7. The smallest absolute Gasteiger partial charge is 0.270 e. The van der Waals surface area contributed by atoms with Crippen molar-refractivity contribution in [3.8, 4) is 0 Å². The zero-order valence-electron chi connectivity index (χ0n) is 11.2. The number of ether oxygens (including phenoxy) is 1. The standard InChI is InChI=1S/C14H15N3O3/c1-18-8-7-13-15-14(20-17-13)12-9-11(16-19-12)10-5-3-2-4-6-10/h2-6,12H,7-9H2,1H3/t12-/m0/s1. The van der Waals surface area contributed by atoms with E-state index in [-0.39, 0.29) is 6.10 Å². The van der Waals surface area contributed by atoms with Crippen LogP contribution in [0.4, 0.5) is 0 Å². The molecule has 1 aromatic heterocycles. The average Bonchev–Trinajstić information content (AvgIpc) is 3.15. The van der Waals surface area contributed by atoms with E-state index in [1.165, 1.54) is 0 Å². The van der Waals surface area contributed by atoms with Crippen LogP contribution in [0, 0.1) is 0 Å². The van der Waals surface area contributed by atoms with Gasteiger partial charge in [0.1, 0.15) is 0 Å². The van der Waals surface area contributed by atoms with Gasteiger partial charge in [-0.15, -0.1) is 0 Å². The van der Waals surface area contributed by atoms with E-state index in [4.69, 9.17) is 14.1 Å². The number of hydrogen-bond acceptors (Lipinski definition) is 6. The fourth-order valence-corrected chi connectivity index (χ4v) is 2.00. The minimum atomic E-state index is -0.297. The van der Waals surface area contributed by atoms with E-state index in [1.807, 2.05) is 30.3 Å². The Morgan fingerprint density at radius 3 is 2.95 bits per heavy atom. The van der Waals surface area contributed by atoms with Gasteiger partial charge in [0.25, 0.3) is 5.89 Å². The second-order valence-corrected chi connectivity index (χ2v) is 4.49. The van der Waals surface area contributed by atoms with Crippen LogP contribution < -0.4 is 0 Å². The van der Waals surface area contributed by atoms with Gasteiger partial charge in [0.05, 0.1) is 12.3 Å². The maximum atomic E-state index is 5.38. The number of oxime groups is 1. The average molecular weight is 273 g/mol. The van der Waals surface area contributed by atoms with Crippen LogP contribution in [0.3, 0.4) is 0 Å². The first-order valence-corrected chi connectivity index (χ1v) is 6.46. The Hall–Kier alpha value is -2.21. The van der Waals surface area contributed by atoms with Crippen LogP contribution in [-0.4, -0.2) is 29.6 Å². The molecule has 6 nitrogen and oxygen atoms in total. The summed E-state index contributed by atoms with van der Waals surface area (Å²) >= 11 is 0. The first-order valence-electron chi connectivity index (χ1n) is 6.46. The summed E-state index contributed by atoms with van der Waals surface area (Å²) in [5, 5.41) is 8.00. The summed E-state index contributed by atoms with van der Waals surface area (Å²) < 4.78 is 10.2. The minimum absolute atomic E-state index is 0.297. The van der Waals surface area contributed by atoms with Crippen molar-refractivity contribution in [2.24, 2.45) is 5.16 Å². The van der Waals surface area contributed by atoms with Gasteiger partial charge in [0.2, 0.25) is 6.10 Å². The van der Waals surface area contributed by atoms with E-state index in [9.17, 15) is 0 Å². The van der Waals surface area contributed by atoms with Gasteiger partial charge in [-0.3, -0.25) is 0 Å². The van der Waals surface area contributed by atoms with Crippen molar-refractivity contribution in [3.63, 3.8) is 0 Å². The van der Waals surface area contributed by atoms with E-state index in [1.54, 1.807) is 7.11 Å². The molecule has 2 aromatic rings. The fourth-order valence-electron chi connectivity index (χ4n) is 2.00. The lowest BCUT2D eigenvalue weighted by Gasteiger charge is -2.00. The molecule has 0 saturated heterocycles. The fraction of sp³-hybridized carbons (Fsp3) is 0.357. The van der Waals surface area contributed by atoms with Crippen molar-refractivity contribution < 1.29 is 14.1 Å². The summed E-state index contributed by atoms with van der Waals surface area (Å²) in [4.78, 5) is 9.69. The Balaban J connectivity index is 1.65. The molecule has 1 aromatic carbocycles. The quantitative estimate of drug-likeness (QED) is 0.834. The lowest BCUT2D eigenvalue weighted by atomic mass is 10.1. The Kier molecular flexibility index (Phi) is 3.73. The van der Waals surface area contributed by atoms with Crippen molar-refractivity contribution in [2.45, 2.75) is 18.9 Å². The highest BCUT2D eigenvalue weighted by molar-refractivity contribution is 6.01. The second kappa shape index (κ2) is 5.83. The van der Waals surface area contributed by atoms with Crippen LogP contribution in [0.2, 0.25) is 0 Å². The van der Waals surface area contributed by atoms with Gasteiger partial charge < -0.3 is 14.1 Å². The third kappa shape index (κ3) is 2.70. The monoisotopic (exact) mass is 273 g/mol. The molecule has 1 aliphatic heterocycles. The van der Waals surface area contributed by atoms with Crippen LogP contribution in [0.1, 0.15) is 29.8 Å². The SMILES string of the molecule is COCCc1noc([C@@H]2CC(c3ccccc3)=NO2)n1. The van der Waals surface area contributed by atoms with E-state index in [2.05, 4.69) is 15.3 Å². The van der Waals surface area contributed by atoms with E-state index < -0.39 is 0 Å². The molecule has 0 bridgehead atoms. The maximum Gasteiger partial charge on any atom is 0.270 e. The molecule has 0 spiro atoms. The van der Waals surface area contributed by atoms with E-state index in [0.29, 0.717) is 31.2 Å². The zero-order chi connectivity index (χ0) is 13.8. The molecular weight excluding hydrogens is 258 g/mol. The number of hydrogen-bond donors (Lipinski definition) is 0. The van der Waals surface area contributed by atoms with Crippen molar-refractivity contribution in [2.75, 3.05) is 13.7 Å². The zero-order valence-corrected chi connectivity index (χ0v) is 11.2. The predicted octanol–water partition coefficient (Wildman–Crippen LogP) is 2.12. The summed E-state index contributed by atoms with van der Waals surface area (Å²) in [6, 6.07) is 9.92. The van der Waals surface area contributed by atoms with Gasteiger partial charge in [0.15, 0.2) is 5.82 Å². The molecule has 0 N–H and O–H groups in total. The lowest BCUT2D eigenvalue weighted by Crippen LogP contribution is -2.02. The van der Waals surface area contributed by atoms with Gasteiger partial charge >= 0.3 is 0 Å². The molecule has 0 aliphatic carbocycles. The Labute approximate surface area is 116 Å². The maximum absolute atomic E-state index is 5.38. The summed E-state index contributed by atoms with van der Waals surface area (Å²) in [5.41, 5.74) is 1.95. The Morgan fingerprint density at radius 2 is 2.15 bits per heavy atom. The third-order valence-corrected chi connectivity index (χ3v) is 3.06. The summed E-state index contributed by atoms with van der Waals surface area (Å²) in [5.74, 6) is 1.09. The van der Waals surface area contributed by atoms with Crippen LogP contribution in [-0.2, 0) is 16.0 Å². The van der Waals surface area contributed by atoms with E-state index in [0.717, 1.165) is 11.3 Å². The molecule has 0 radical (unpaired) electrons. The molecule has 3 rings (SSSR count). The molecule has 0 unspecified atom stereocenters. The van der Waals surface area contributed by atoms with Crippen LogP contribution in [0.25, 0.3) is 0 Å². The first-order chi connectivity index (χ1) is 9.86. The molecule has 1 aliphatic rings. The molecule has 104 valence electrons. The molecule has 20 heavy (non-hydrogen) atoms. The highest BCUT2D eigenvalue weighted by Crippen LogP contribution is 2.28. The topological polar surface area (TPSA) is 69.7 Å². The Morgan fingerprint density at radius 1 is 1.30 bits per heavy atom. The lowest BCUT2D eigenvalue weighted by molar-refractivity contribution is 0.0599. The van der Waals surface area contributed by atoms with Crippen molar-refractivity contribution in [3.05, 3.63) is 47.6 Å². The molecule has 0 saturated carbocycles. The Bertz CT molecular complexity index is 595. The van der Waals surface area contributed by atoms with Gasteiger partial charge in [-0.2, -0.15) is 4.98 Å². The van der Waals surface area contributed by atoms with Gasteiger partial charge in [0, 0.05) is 20.0 Å². The second-order valence-electron chi connectivity index (χ2n) is 4.49. The van der Waals surface area contributed by atoms with E-state index >= 15 is 0 Å². The number of rotatable bonds is 5. The molecule has 0 amide bonds. The molecular formula is C14H15N3O3. The van der Waals surface area contributed by atoms with Gasteiger partial charge in [-0.05, 0) is 5.56 Å². The molecule has 1 atom stereocenters. The van der Waals surface area contributed by atoms with Crippen LogP contribution >= 0.6 is 0 Å². The largest absolute Gasteiger partial charge is 0.384 e. The summed E-state index contributed by atoms with van der Waals surface area (Å²) in [6.45, 7) is 0.566. The first kappa shape index (κ1) is 12.8. The molecule has 0 fully saturated rings. The molecule has 6 heteroatoms. The number of nitrogens with zero attached hydrogens (tertiary/aromatic N) is 3. The minimum Gasteiger partial charge on any atom is -0.384 e.